The summed E-state index contributed by atoms with van der Waals surface area (Å²) >= 11 is 0. The molecular weight excluding hydrogens is 386 g/mol. The zero-order valence-electron chi connectivity index (χ0n) is 16.3. The highest BCUT2D eigenvalue weighted by Gasteiger charge is 2.43. The van der Waals surface area contributed by atoms with Crippen LogP contribution in [-0.4, -0.2) is 37.5 Å². The third-order valence-electron chi connectivity index (χ3n) is 5.79. The molecule has 1 saturated carbocycles. The highest BCUT2D eigenvalue weighted by molar-refractivity contribution is 5.89. The van der Waals surface area contributed by atoms with Crippen LogP contribution in [0.2, 0.25) is 0 Å². The molecule has 154 valence electrons. The number of hydrogen-bond acceptors (Lipinski definition) is 3. The fourth-order valence-electron chi connectivity index (χ4n) is 4.05. The molecule has 1 saturated heterocycles. The van der Waals surface area contributed by atoms with Gasteiger partial charge in [0.05, 0.1) is 11.8 Å². The molecule has 1 aliphatic heterocycles. The first kappa shape index (κ1) is 21.3. The number of halogens is 1. The molecule has 1 heterocycles. The maximum atomic E-state index is 12.8. The van der Waals surface area contributed by atoms with Gasteiger partial charge in [0.2, 0.25) is 11.8 Å². The zero-order valence-corrected chi connectivity index (χ0v) is 17.2. The number of rotatable bonds is 7. The van der Waals surface area contributed by atoms with E-state index in [4.69, 9.17) is 0 Å². The summed E-state index contributed by atoms with van der Waals surface area (Å²) in [5, 5.41) is 9.36. The number of carbonyl (C=O) groups is 2. The predicted molar refractivity (Wildman–Crippen MR) is 116 cm³/mol. The minimum absolute atomic E-state index is 0. The molecule has 2 fully saturated rings. The smallest absolute Gasteiger partial charge is 0.225 e. The first-order valence-electron chi connectivity index (χ1n) is 10.1. The molecule has 0 spiro atoms. The molecule has 2 unspecified atom stereocenters. The van der Waals surface area contributed by atoms with E-state index < -0.39 is 0 Å². The van der Waals surface area contributed by atoms with Crippen LogP contribution < -0.4 is 16.0 Å². The number of hydrogen-bond donors (Lipinski definition) is 3. The lowest BCUT2D eigenvalue weighted by Crippen LogP contribution is -2.42. The van der Waals surface area contributed by atoms with Crippen molar-refractivity contribution in [2.75, 3.05) is 19.6 Å². The predicted octanol–water partition coefficient (Wildman–Crippen LogP) is 2.27. The second-order valence-electron chi connectivity index (χ2n) is 7.77. The molecule has 4 atom stereocenters. The number of amides is 2. The van der Waals surface area contributed by atoms with Crippen LogP contribution in [0.25, 0.3) is 0 Å². The molecular formula is C23H28ClN3O2. The summed E-state index contributed by atoms with van der Waals surface area (Å²) in [7, 11) is 0. The van der Waals surface area contributed by atoms with E-state index in [0.29, 0.717) is 25.6 Å². The third kappa shape index (κ3) is 5.37. The Morgan fingerprint density at radius 3 is 2.21 bits per heavy atom. The van der Waals surface area contributed by atoms with Crippen LogP contribution >= 0.6 is 12.4 Å². The molecule has 0 bridgehead atoms. The minimum Gasteiger partial charge on any atom is -0.355 e. The molecule has 0 radical (unpaired) electrons. The van der Waals surface area contributed by atoms with Crippen LogP contribution in [0, 0.1) is 11.8 Å². The first-order valence-corrected chi connectivity index (χ1v) is 10.1. The van der Waals surface area contributed by atoms with Crippen LogP contribution in [0.15, 0.2) is 60.7 Å². The number of carbonyl (C=O) groups excluding carboxylic acids is 2. The standard InChI is InChI=1S/C23H27N3O2.ClH/c27-22(25-12-11-16-7-3-1-4-8-16)19-14-24-15-20(19)23(28)26-21-13-18(21)17-9-5-2-6-10-17;/h1-10,18-21,24H,11-15H2,(H,25,27)(H,26,28);1H/t18?,19-,20-,21?;/m0./s1. The molecule has 4 rings (SSSR count). The van der Waals surface area contributed by atoms with Gasteiger partial charge in [-0.15, -0.1) is 12.4 Å². The summed E-state index contributed by atoms with van der Waals surface area (Å²) in [5.74, 6) is -0.232. The molecule has 1 aliphatic carbocycles. The Morgan fingerprint density at radius 2 is 1.52 bits per heavy atom. The van der Waals surface area contributed by atoms with Crippen molar-refractivity contribution in [3.05, 3.63) is 71.8 Å². The molecule has 29 heavy (non-hydrogen) atoms. The van der Waals surface area contributed by atoms with Crippen molar-refractivity contribution < 1.29 is 9.59 Å². The molecule has 2 amide bonds. The fourth-order valence-corrected chi connectivity index (χ4v) is 4.05. The van der Waals surface area contributed by atoms with Crippen LogP contribution in [0.5, 0.6) is 0 Å². The largest absolute Gasteiger partial charge is 0.355 e. The van der Waals surface area contributed by atoms with Crippen LogP contribution in [0.4, 0.5) is 0 Å². The Bertz CT molecular complexity index is 815. The zero-order chi connectivity index (χ0) is 19.3. The quantitative estimate of drug-likeness (QED) is 0.652. The topological polar surface area (TPSA) is 70.2 Å². The summed E-state index contributed by atoms with van der Waals surface area (Å²) in [6.07, 6.45) is 1.77. The van der Waals surface area contributed by atoms with Crippen molar-refractivity contribution in [1.29, 1.82) is 0 Å². The first-order chi connectivity index (χ1) is 13.7. The van der Waals surface area contributed by atoms with Gasteiger partial charge >= 0.3 is 0 Å². The van der Waals surface area contributed by atoms with Crippen LogP contribution in [0.1, 0.15) is 23.5 Å². The molecule has 2 aromatic carbocycles. The lowest BCUT2D eigenvalue weighted by Gasteiger charge is -2.18. The van der Waals surface area contributed by atoms with Gasteiger partial charge in [-0.2, -0.15) is 0 Å². The van der Waals surface area contributed by atoms with Gasteiger partial charge in [0.25, 0.3) is 0 Å². The highest BCUT2D eigenvalue weighted by atomic mass is 35.5. The normalized spacial score (nSPS) is 25.0. The Hall–Kier alpha value is -2.37. The van der Waals surface area contributed by atoms with Gasteiger partial charge in [0.15, 0.2) is 0 Å². The molecule has 0 aromatic heterocycles. The maximum Gasteiger partial charge on any atom is 0.225 e. The fraction of sp³-hybridized carbons (Fsp3) is 0.391. The Labute approximate surface area is 178 Å². The van der Waals surface area contributed by atoms with Gasteiger partial charge in [-0.05, 0) is 24.0 Å². The molecule has 2 aliphatic rings. The van der Waals surface area contributed by atoms with Gasteiger partial charge in [-0.1, -0.05) is 60.7 Å². The van der Waals surface area contributed by atoms with Crippen molar-refractivity contribution in [2.45, 2.75) is 24.8 Å². The molecule has 5 nitrogen and oxygen atoms in total. The Kier molecular flexibility index (Phi) is 7.29. The van der Waals surface area contributed by atoms with Crippen molar-refractivity contribution in [3.8, 4) is 0 Å². The summed E-state index contributed by atoms with van der Waals surface area (Å²) < 4.78 is 0. The summed E-state index contributed by atoms with van der Waals surface area (Å²) in [4.78, 5) is 25.4. The van der Waals surface area contributed by atoms with Gasteiger partial charge < -0.3 is 16.0 Å². The lowest BCUT2D eigenvalue weighted by atomic mass is 9.94. The Balaban J connectivity index is 0.00000240. The second kappa shape index (κ2) is 9.90. The van der Waals surface area contributed by atoms with Gasteiger partial charge in [0, 0.05) is 31.6 Å². The van der Waals surface area contributed by atoms with E-state index in [-0.39, 0.29) is 42.1 Å². The van der Waals surface area contributed by atoms with Crippen LogP contribution in [0.3, 0.4) is 0 Å². The number of benzene rings is 2. The summed E-state index contributed by atoms with van der Waals surface area (Å²) in [5.41, 5.74) is 2.47. The molecule has 2 aromatic rings. The SMILES string of the molecule is Cl.O=C(NCCc1ccccc1)[C@H]1CNC[C@@H]1C(=O)NC1CC1c1ccccc1. The van der Waals surface area contributed by atoms with Gasteiger partial charge in [-0.3, -0.25) is 9.59 Å². The van der Waals surface area contributed by atoms with Crippen molar-refractivity contribution in [3.63, 3.8) is 0 Å². The van der Waals surface area contributed by atoms with E-state index >= 15 is 0 Å². The van der Waals surface area contributed by atoms with Crippen LogP contribution in [-0.2, 0) is 16.0 Å². The van der Waals surface area contributed by atoms with E-state index in [2.05, 4.69) is 40.2 Å². The molecule has 3 N–H and O–H groups in total. The van der Waals surface area contributed by atoms with Crippen molar-refractivity contribution in [1.82, 2.24) is 16.0 Å². The summed E-state index contributed by atoms with van der Waals surface area (Å²) in [6.45, 7) is 1.71. The average molecular weight is 414 g/mol. The van der Waals surface area contributed by atoms with E-state index in [1.54, 1.807) is 0 Å². The van der Waals surface area contributed by atoms with E-state index in [0.717, 1.165) is 12.8 Å². The third-order valence-corrected chi connectivity index (χ3v) is 5.79. The van der Waals surface area contributed by atoms with Crippen molar-refractivity contribution >= 4 is 24.2 Å². The lowest BCUT2D eigenvalue weighted by molar-refractivity contribution is -0.133. The molecule has 6 heteroatoms. The Morgan fingerprint density at radius 1 is 0.897 bits per heavy atom. The highest BCUT2D eigenvalue weighted by Crippen LogP contribution is 2.40. The van der Waals surface area contributed by atoms with E-state index in [9.17, 15) is 9.59 Å². The summed E-state index contributed by atoms with van der Waals surface area (Å²) in [6, 6.07) is 20.6. The monoisotopic (exact) mass is 413 g/mol. The average Bonchev–Trinajstić information content (AvgIpc) is 3.31. The van der Waals surface area contributed by atoms with E-state index in [1.165, 1.54) is 11.1 Å². The number of nitrogens with one attached hydrogen (secondary N) is 3. The maximum absolute atomic E-state index is 12.8. The van der Waals surface area contributed by atoms with Crippen molar-refractivity contribution in [2.24, 2.45) is 11.8 Å². The van der Waals surface area contributed by atoms with E-state index in [1.807, 2.05) is 36.4 Å². The minimum atomic E-state index is -0.301. The van der Waals surface area contributed by atoms with Gasteiger partial charge in [0.1, 0.15) is 0 Å². The second-order valence-corrected chi connectivity index (χ2v) is 7.77. The van der Waals surface area contributed by atoms with Gasteiger partial charge in [-0.25, -0.2) is 0 Å².